The molecule has 1 aromatic carbocycles. The molecule has 0 N–H and O–H groups in total. The number of hydrogen-bond donors (Lipinski definition) is 0. The van der Waals surface area contributed by atoms with Gasteiger partial charge in [-0.15, -0.1) is 0 Å². The Hall–Kier alpha value is -2.02. The maximum Gasteiger partial charge on any atom is 0.272 e. The predicted octanol–water partition coefficient (Wildman–Crippen LogP) is 3.56. The standard InChI is InChI=1S/C12H10BrN3O3/c1-7-4-11(8(2)3-10(7)16(17)18)19-12-9(13)5-14-6-15-12/h3-6H,1-2H3. The summed E-state index contributed by atoms with van der Waals surface area (Å²) < 4.78 is 6.25. The molecule has 1 heterocycles. The maximum absolute atomic E-state index is 10.8. The molecule has 0 aliphatic heterocycles. The number of nitrogens with zero attached hydrogens (tertiary/aromatic N) is 3. The molecule has 2 aromatic rings. The van der Waals surface area contributed by atoms with Crippen molar-refractivity contribution < 1.29 is 9.66 Å². The summed E-state index contributed by atoms with van der Waals surface area (Å²) >= 11 is 3.28. The third-order valence-electron chi connectivity index (χ3n) is 2.53. The number of ether oxygens (including phenoxy) is 1. The van der Waals surface area contributed by atoms with Gasteiger partial charge in [-0.05, 0) is 41.4 Å². The van der Waals surface area contributed by atoms with Gasteiger partial charge < -0.3 is 4.74 Å². The number of nitro groups is 1. The lowest BCUT2D eigenvalue weighted by Gasteiger charge is -2.09. The Kier molecular flexibility index (Phi) is 3.75. The van der Waals surface area contributed by atoms with Crippen molar-refractivity contribution in [2.24, 2.45) is 0 Å². The van der Waals surface area contributed by atoms with E-state index in [1.807, 2.05) is 0 Å². The van der Waals surface area contributed by atoms with Gasteiger partial charge in [0.25, 0.3) is 5.69 Å². The molecular weight excluding hydrogens is 314 g/mol. The maximum atomic E-state index is 10.8. The fourth-order valence-corrected chi connectivity index (χ4v) is 1.86. The van der Waals surface area contributed by atoms with E-state index in [0.717, 1.165) is 0 Å². The number of rotatable bonds is 3. The average molecular weight is 324 g/mol. The molecule has 0 unspecified atom stereocenters. The molecular formula is C12H10BrN3O3. The molecule has 0 saturated heterocycles. The topological polar surface area (TPSA) is 78.2 Å². The van der Waals surface area contributed by atoms with E-state index in [-0.39, 0.29) is 5.69 Å². The first kappa shape index (κ1) is 13.4. The van der Waals surface area contributed by atoms with Crippen LogP contribution >= 0.6 is 15.9 Å². The molecule has 0 aliphatic carbocycles. The van der Waals surface area contributed by atoms with Gasteiger partial charge >= 0.3 is 0 Å². The lowest BCUT2D eigenvalue weighted by atomic mass is 10.1. The number of nitro benzene ring substituents is 1. The number of hydrogen-bond acceptors (Lipinski definition) is 5. The summed E-state index contributed by atoms with van der Waals surface area (Å²) in [5, 5.41) is 10.8. The lowest BCUT2D eigenvalue weighted by Crippen LogP contribution is -1.96. The summed E-state index contributed by atoms with van der Waals surface area (Å²) in [6.45, 7) is 3.41. The largest absolute Gasteiger partial charge is 0.437 e. The first-order valence-electron chi connectivity index (χ1n) is 5.38. The van der Waals surface area contributed by atoms with Gasteiger partial charge in [0.2, 0.25) is 5.88 Å². The third-order valence-corrected chi connectivity index (χ3v) is 3.07. The highest BCUT2D eigenvalue weighted by atomic mass is 79.9. The Balaban J connectivity index is 2.39. The van der Waals surface area contributed by atoms with Crippen LogP contribution in [0.15, 0.2) is 29.1 Å². The van der Waals surface area contributed by atoms with E-state index in [4.69, 9.17) is 4.74 Å². The Morgan fingerprint density at radius 2 is 2.05 bits per heavy atom. The van der Waals surface area contributed by atoms with Gasteiger partial charge in [-0.2, -0.15) is 0 Å². The molecule has 0 amide bonds. The second-order valence-corrected chi connectivity index (χ2v) is 4.79. The minimum Gasteiger partial charge on any atom is -0.437 e. The zero-order valence-corrected chi connectivity index (χ0v) is 11.8. The van der Waals surface area contributed by atoms with Crippen molar-refractivity contribution in [2.75, 3.05) is 0 Å². The minimum atomic E-state index is -0.410. The molecule has 0 bridgehead atoms. The van der Waals surface area contributed by atoms with Crippen LogP contribution in [0.1, 0.15) is 11.1 Å². The van der Waals surface area contributed by atoms with E-state index in [1.54, 1.807) is 26.1 Å². The van der Waals surface area contributed by atoms with Gasteiger partial charge in [-0.25, -0.2) is 9.97 Å². The highest BCUT2D eigenvalue weighted by Crippen LogP contribution is 2.32. The van der Waals surface area contributed by atoms with Crippen LogP contribution in [0.5, 0.6) is 11.6 Å². The molecule has 6 nitrogen and oxygen atoms in total. The molecule has 0 atom stereocenters. The molecule has 0 saturated carbocycles. The second-order valence-electron chi connectivity index (χ2n) is 3.94. The molecule has 1 aromatic heterocycles. The summed E-state index contributed by atoms with van der Waals surface area (Å²) in [4.78, 5) is 18.2. The predicted molar refractivity (Wildman–Crippen MR) is 72.4 cm³/mol. The molecule has 0 spiro atoms. The molecule has 98 valence electrons. The Morgan fingerprint density at radius 1 is 1.32 bits per heavy atom. The molecule has 19 heavy (non-hydrogen) atoms. The SMILES string of the molecule is Cc1cc([N+](=O)[O-])c(C)cc1Oc1ncncc1Br. The van der Waals surface area contributed by atoms with Crippen LogP contribution in [0.25, 0.3) is 0 Å². The Bertz CT molecular complexity index is 646. The van der Waals surface area contributed by atoms with Crippen molar-refractivity contribution >= 4 is 21.6 Å². The monoisotopic (exact) mass is 323 g/mol. The van der Waals surface area contributed by atoms with Crippen LogP contribution in [-0.2, 0) is 0 Å². The van der Waals surface area contributed by atoms with Gasteiger partial charge in [-0.3, -0.25) is 10.1 Å². The number of benzene rings is 1. The summed E-state index contributed by atoms with van der Waals surface area (Å²) in [6.07, 6.45) is 2.93. The summed E-state index contributed by atoms with van der Waals surface area (Å²) in [5.41, 5.74) is 1.28. The summed E-state index contributed by atoms with van der Waals surface area (Å²) in [6, 6.07) is 3.11. The summed E-state index contributed by atoms with van der Waals surface area (Å²) in [5.74, 6) is 0.897. The van der Waals surface area contributed by atoms with Gasteiger partial charge in [-0.1, -0.05) is 0 Å². The van der Waals surface area contributed by atoms with Crippen LogP contribution in [-0.4, -0.2) is 14.9 Å². The Labute approximate surface area is 117 Å². The van der Waals surface area contributed by atoms with Crippen molar-refractivity contribution in [2.45, 2.75) is 13.8 Å². The Morgan fingerprint density at radius 3 is 2.68 bits per heavy atom. The molecule has 0 fully saturated rings. The van der Waals surface area contributed by atoms with E-state index in [9.17, 15) is 10.1 Å². The van der Waals surface area contributed by atoms with E-state index < -0.39 is 4.92 Å². The van der Waals surface area contributed by atoms with Gasteiger partial charge in [0.15, 0.2) is 0 Å². The molecule has 0 aliphatic rings. The second kappa shape index (κ2) is 5.31. The first-order valence-corrected chi connectivity index (χ1v) is 6.17. The highest BCUT2D eigenvalue weighted by molar-refractivity contribution is 9.10. The molecule has 7 heteroatoms. The molecule has 2 rings (SSSR count). The number of halogens is 1. The molecule has 0 radical (unpaired) electrons. The van der Waals surface area contributed by atoms with Gasteiger partial charge in [0, 0.05) is 17.8 Å². The van der Waals surface area contributed by atoms with Gasteiger partial charge in [0.1, 0.15) is 12.1 Å². The van der Waals surface area contributed by atoms with E-state index in [1.165, 1.54) is 12.4 Å². The summed E-state index contributed by atoms with van der Waals surface area (Å²) in [7, 11) is 0. The average Bonchev–Trinajstić information content (AvgIpc) is 2.35. The minimum absolute atomic E-state index is 0.0756. The van der Waals surface area contributed by atoms with Crippen molar-refractivity contribution in [1.29, 1.82) is 0 Å². The van der Waals surface area contributed by atoms with E-state index in [0.29, 0.717) is 27.2 Å². The van der Waals surface area contributed by atoms with Crippen molar-refractivity contribution in [3.8, 4) is 11.6 Å². The fourth-order valence-electron chi connectivity index (χ4n) is 1.56. The highest BCUT2D eigenvalue weighted by Gasteiger charge is 2.15. The normalized spacial score (nSPS) is 10.3. The van der Waals surface area contributed by atoms with Crippen LogP contribution < -0.4 is 4.74 Å². The van der Waals surface area contributed by atoms with Crippen molar-refractivity contribution in [3.63, 3.8) is 0 Å². The van der Waals surface area contributed by atoms with Crippen LogP contribution in [0.2, 0.25) is 0 Å². The third kappa shape index (κ3) is 2.87. The number of aromatic nitrogens is 2. The van der Waals surface area contributed by atoms with E-state index >= 15 is 0 Å². The first-order chi connectivity index (χ1) is 8.99. The quantitative estimate of drug-likeness (QED) is 0.637. The number of aryl methyl sites for hydroxylation is 2. The van der Waals surface area contributed by atoms with Crippen LogP contribution in [0.3, 0.4) is 0 Å². The van der Waals surface area contributed by atoms with Crippen LogP contribution in [0.4, 0.5) is 5.69 Å². The van der Waals surface area contributed by atoms with Crippen molar-refractivity contribution in [1.82, 2.24) is 9.97 Å². The van der Waals surface area contributed by atoms with E-state index in [2.05, 4.69) is 25.9 Å². The fraction of sp³-hybridized carbons (Fsp3) is 0.167. The smallest absolute Gasteiger partial charge is 0.272 e. The van der Waals surface area contributed by atoms with Crippen LogP contribution in [0, 0.1) is 24.0 Å². The lowest BCUT2D eigenvalue weighted by molar-refractivity contribution is -0.385. The van der Waals surface area contributed by atoms with Crippen molar-refractivity contribution in [3.05, 3.63) is 50.4 Å². The zero-order valence-electron chi connectivity index (χ0n) is 10.3. The van der Waals surface area contributed by atoms with Gasteiger partial charge in [0.05, 0.1) is 9.40 Å². The zero-order chi connectivity index (χ0) is 14.0.